The maximum absolute atomic E-state index is 14.1. The normalized spacial score (nSPS) is 14.1. The van der Waals surface area contributed by atoms with Crippen LogP contribution in [0.15, 0.2) is 36.4 Å². The van der Waals surface area contributed by atoms with E-state index >= 15 is 0 Å². The fraction of sp³-hybridized carbons (Fsp3) is 0.571. The molecule has 2 aromatic carbocycles. The average Bonchev–Trinajstić information content (AvgIpc) is 2.62. The molecule has 0 saturated carbocycles. The van der Waals surface area contributed by atoms with E-state index in [1.807, 2.05) is 24.3 Å². The SMILES string of the molecule is CC(C)(C)c1cc(P(O[B-](O)(F)F)c2cc(C(C)(C)C)cc(C(C)(C)C)c2)cc(C(C)(C)C)c1. The predicted octanol–water partition coefficient (Wildman–Crippen LogP) is 7.61. The van der Waals surface area contributed by atoms with Crippen LogP contribution in [0.2, 0.25) is 0 Å². The minimum atomic E-state index is -4.95. The van der Waals surface area contributed by atoms with Gasteiger partial charge in [0, 0.05) is 10.6 Å². The molecule has 0 radical (unpaired) electrons. The molecule has 2 nitrogen and oxygen atoms in total. The van der Waals surface area contributed by atoms with Crippen molar-refractivity contribution in [2.75, 3.05) is 0 Å². The van der Waals surface area contributed by atoms with Gasteiger partial charge in [-0.2, -0.15) is 0 Å². The number of halogens is 2. The van der Waals surface area contributed by atoms with E-state index < -0.39 is 15.3 Å². The Balaban J connectivity index is 2.91. The highest BCUT2D eigenvalue weighted by Crippen LogP contribution is 2.43. The minimum absolute atomic E-state index is 0.173. The smallest absolute Gasteiger partial charge is 0.526 e. The van der Waals surface area contributed by atoms with Gasteiger partial charge < -0.3 is 18.1 Å². The highest BCUT2D eigenvalue weighted by Gasteiger charge is 2.32. The summed E-state index contributed by atoms with van der Waals surface area (Å²) in [4.78, 5) is 0. The summed E-state index contributed by atoms with van der Waals surface area (Å²) >= 11 is 0. The summed E-state index contributed by atoms with van der Waals surface area (Å²) in [5.41, 5.74) is 3.54. The lowest BCUT2D eigenvalue weighted by atomic mass is 9.81. The van der Waals surface area contributed by atoms with Gasteiger partial charge in [-0.1, -0.05) is 95.2 Å². The summed E-state index contributed by atoms with van der Waals surface area (Å²) in [6, 6.07) is 12.2. The summed E-state index contributed by atoms with van der Waals surface area (Å²) < 4.78 is 33.4. The highest BCUT2D eigenvalue weighted by atomic mass is 31.1. The van der Waals surface area contributed by atoms with Crippen LogP contribution >= 0.6 is 8.15 Å². The summed E-state index contributed by atoms with van der Waals surface area (Å²) in [5.74, 6) is 0. The highest BCUT2D eigenvalue weighted by molar-refractivity contribution is 7.69. The van der Waals surface area contributed by atoms with Gasteiger partial charge in [0.2, 0.25) is 0 Å². The number of hydrogen-bond acceptors (Lipinski definition) is 2. The van der Waals surface area contributed by atoms with Crippen molar-refractivity contribution in [1.82, 2.24) is 0 Å². The van der Waals surface area contributed by atoms with Crippen molar-refractivity contribution in [3.63, 3.8) is 0 Å². The van der Waals surface area contributed by atoms with Crippen LogP contribution in [0.3, 0.4) is 0 Å². The Kier molecular flexibility index (Phi) is 7.92. The van der Waals surface area contributed by atoms with Gasteiger partial charge in [-0.05, 0) is 68.2 Å². The largest absolute Gasteiger partial charge is 0.602 e. The third kappa shape index (κ3) is 7.61. The molecule has 0 aromatic heterocycles. The Bertz CT molecular complexity index is 877. The van der Waals surface area contributed by atoms with E-state index in [1.165, 1.54) is 0 Å². The summed E-state index contributed by atoms with van der Waals surface area (Å²) in [6.07, 6.45) is 0. The predicted molar refractivity (Wildman–Crippen MR) is 145 cm³/mol. The standard InChI is InChI=1S/C28H43BF2O2P/c1-25(2,3)19-13-20(26(4,5)6)16-23(15-19)34(33-29(30,31)32)24-17-21(27(7,8)9)14-22(18-24)28(10,11)12/h13-18,32H,1-12H3/q-1. The van der Waals surface area contributed by atoms with Gasteiger partial charge in [0.05, 0.1) is 8.15 Å². The van der Waals surface area contributed by atoms with Crippen molar-refractivity contribution < 1.29 is 18.1 Å². The maximum atomic E-state index is 14.1. The molecule has 0 bridgehead atoms. The van der Waals surface area contributed by atoms with Crippen LogP contribution < -0.4 is 10.6 Å². The molecule has 190 valence electrons. The van der Waals surface area contributed by atoms with Gasteiger partial charge in [-0.15, -0.1) is 0 Å². The van der Waals surface area contributed by atoms with Gasteiger partial charge in [0.1, 0.15) is 0 Å². The van der Waals surface area contributed by atoms with Crippen LogP contribution in [0, 0.1) is 0 Å². The van der Waals surface area contributed by atoms with Gasteiger partial charge in [-0.25, -0.2) is 0 Å². The van der Waals surface area contributed by atoms with Gasteiger partial charge in [0.25, 0.3) is 0 Å². The first kappa shape index (κ1) is 28.9. The van der Waals surface area contributed by atoms with Crippen LogP contribution in [0.25, 0.3) is 0 Å². The molecule has 0 unspecified atom stereocenters. The van der Waals surface area contributed by atoms with Crippen molar-refractivity contribution in [3.05, 3.63) is 58.7 Å². The Hall–Kier alpha value is -1.29. The quantitative estimate of drug-likeness (QED) is 0.352. The molecule has 0 heterocycles. The third-order valence-electron chi connectivity index (χ3n) is 6.00. The molecule has 1 N–H and O–H groups in total. The minimum Gasteiger partial charge on any atom is -0.526 e. The second kappa shape index (κ2) is 9.30. The first-order chi connectivity index (χ1) is 15.0. The van der Waals surface area contributed by atoms with Crippen molar-refractivity contribution in [1.29, 1.82) is 0 Å². The zero-order chi connectivity index (χ0) is 26.5. The molecule has 34 heavy (non-hydrogen) atoms. The first-order valence-electron chi connectivity index (χ1n) is 12.0. The Morgan fingerprint density at radius 1 is 0.559 bits per heavy atom. The lowest BCUT2D eigenvalue weighted by Crippen LogP contribution is -2.31. The molecule has 2 aromatic rings. The fourth-order valence-electron chi connectivity index (χ4n) is 3.59. The molecule has 0 aliphatic heterocycles. The monoisotopic (exact) mass is 491 g/mol. The lowest BCUT2D eigenvalue weighted by Gasteiger charge is -2.33. The van der Waals surface area contributed by atoms with E-state index in [2.05, 4.69) is 95.2 Å². The van der Waals surface area contributed by atoms with E-state index in [0.717, 1.165) is 22.3 Å². The van der Waals surface area contributed by atoms with Gasteiger partial charge in [-0.3, -0.25) is 0 Å². The van der Waals surface area contributed by atoms with Crippen molar-refractivity contribution in [2.24, 2.45) is 0 Å². The van der Waals surface area contributed by atoms with Crippen LogP contribution in [-0.4, -0.2) is 12.1 Å². The van der Waals surface area contributed by atoms with Crippen molar-refractivity contribution in [2.45, 2.75) is 105 Å². The molecule has 0 aliphatic carbocycles. The van der Waals surface area contributed by atoms with Crippen LogP contribution in [0.5, 0.6) is 0 Å². The first-order valence-corrected chi connectivity index (χ1v) is 13.3. The summed E-state index contributed by atoms with van der Waals surface area (Å²) in [6.45, 7) is 25.4. The Morgan fingerprint density at radius 3 is 0.971 bits per heavy atom. The Labute approximate surface area is 207 Å². The molecule has 2 rings (SSSR count). The third-order valence-corrected chi connectivity index (χ3v) is 7.92. The van der Waals surface area contributed by atoms with E-state index in [9.17, 15) is 13.7 Å². The van der Waals surface area contributed by atoms with Crippen molar-refractivity contribution in [3.8, 4) is 0 Å². The van der Waals surface area contributed by atoms with Gasteiger partial charge >= 0.3 is 7.11 Å². The molecule has 6 heteroatoms. The second-order valence-corrected chi connectivity index (χ2v) is 15.3. The molecule has 0 atom stereocenters. The number of hydrogen-bond donors (Lipinski definition) is 1. The maximum Gasteiger partial charge on any atom is 0.602 e. The fourth-order valence-corrected chi connectivity index (χ4v) is 5.41. The Morgan fingerprint density at radius 2 is 0.794 bits per heavy atom. The summed E-state index contributed by atoms with van der Waals surface area (Å²) in [5, 5.41) is 10.9. The van der Waals surface area contributed by atoms with E-state index in [1.54, 1.807) is 0 Å². The van der Waals surface area contributed by atoms with Gasteiger partial charge in [0.15, 0.2) is 0 Å². The molecule has 0 aliphatic rings. The topological polar surface area (TPSA) is 29.5 Å². The van der Waals surface area contributed by atoms with Crippen LogP contribution in [0.1, 0.15) is 105 Å². The number of rotatable bonds is 4. The van der Waals surface area contributed by atoms with E-state index in [4.69, 9.17) is 4.44 Å². The van der Waals surface area contributed by atoms with Crippen LogP contribution in [-0.2, 0) is 26.1 Å². The zero-order valence-corrected chi connectivity index (χ0v) is 24.0. The molecular formula is C28H43BF2O2P-. The number of benzene rings is 2. The van der Waals surface area contributed by atoms with E-state index in [-0.39, 0.29) is 21.7 Å². The average molecular weight is 491 g/mol. The lowest BCUT2D eigenvalue weighted by molar-refractivity contribution is 0.246. The van der Waals surface area contributed by atoms with Crippen molar-refractivity contribution >= 4 is 25.9 Å². The molecular weight excluding hydrogens is 448 g/mol. The molecule has 0 fully saturated rings. The zero-order valence-electron chi connectivity index (χ0n) is 23.1. The second-order valence-electron chi connectivity index (χ2n) is 13.5. The molecule has 0 spiro atoms. The molecule has 0 saturated heterocycles. The summed E-state index contributed by atoms with van der Waals surface area (Å²) in [7, 11) is -6.91. The van der Waals surface area contributed by atoms with Crippen LogP contribution in [0.4, 0.5) is 8.63 Å². The molecule has 0 amide bonds. The van der Waals surface area contributed by atoms with E-state index in [0.29, 0.717) is 10.6 Å².